The van der Waals surface area contributed by atoms with Gasteiger partial charge in [-0.25, -0.2) is 0 Å². The molecule has 0 saturated carbocycles. The van der Waals surface area contributed by atoms with Crippen LogP contribution in [0.4, 0.5) is 0 Å². The third kappa shape index (κ3) is 2.80. The van der Waals surface area contributed by atoms with Gasteiger partial charge in [-0.2, -0.15) is 0 Å². The van der Waals surface area contributed by atoms with Crippen LogP contribution in [0.5, 0.6) is 0 Å². The molecule has 24 heavy (non-hydrogen) atoms. The monoisotopic (exact) mass is 317 g/mol. The topological polar surface area (TPSA) is 22.1 Å². The van der Waals surface area contributed by atoms with E-state index < -0.39 is 0 Å². The van der Waals surface area contributed by atoms with Crippen LogP contribution in [0.1, 0.15) is 37.5 Å². The number of fused-ring (bicyclic) bond motifs is 1. The van der Waals surface area contributed by atoms with Crippen molar-refractivity contribution in [3.05, 3.63) is 76.9 Å². The summed E-state index contributed by atoms with van der Waals surface area (Å²) in [5.41, 5.74) is 6.62. The summed E-state index contributed by atoms with van der Waals surface area (Å²) in [4.78, 5) is 4.64. The molecule has 0 bridgehead atoms. The van der Waals surface area contributed by atoms with Gasteiger partial charge in [-0.05, 0) is 54.7 Å². The summed E-state index contributed by atoms with van der Waals surface area (Å²) in [6.07, 6.45) is 2.80. The highest BCUT2D eigenvalue weighted by atomic mass is 16.5. The molecule has 0 N–H and O–H groups in total. The Balaban J connectivity index is 2.27. The maximum Gasteiger partial charge on any atom is 0.103 e. The van der Waals surface area contributed by atoms with Gasteiger partial charge >= 0.3 is 0 Å². The normalized spacial score (nSPS) is 14.5. The van der Waals surface area contributed by atoms with Gasteiger partial charge in [-0.1, -0.05) is 43.0 Å². The van der Waals surface area contributed by atoms with Gasteiger partial charge in [-0.15, -0.1) is 0 Å². The van der Waals surface area contributed by atoms with Crippen LogP contribution in [0.25, 0.3) is 22.5 Å². The lowest BCUT2D eigenvalue weighted by atomic mass is 9.92. The van der Waals surface area contributed by atoms with Gasteiger partial charge in [0.2, 0.25) is 0 Å². The molecule has 0 unspecified atom stereocenters. The van der Waals surface area contributed by atoms with Gasteiger partial charge in [0.1, 0.15) is 5.76 Å². The second-order valence-electron chi connectivity index (χ2n) is 6.28. The first-order valence-electron chi connectivity index (χ1n) is 8.23. The third-order valence-corrected chi connectivity index (χ3v) is 4.60. The molecular weight excluding hydrogens is 294 g/mol. The molecule has 1 aliphatic rings. The van der Waals surface area contributed by atoms with Crippen molar-refractivity contribution in [3.8, 4) is 0 Å². The Kier molecular flexibility index (Phi) is 4.39. The molecule has 0 aliphatic carbocycles. The second-order valence-corrected chi connectivity index (χ2v) is 6.28. The lowest BCUT2D eigenvalue weighted by molar-refractivity contribution is 0.264. The van der Waals surface area contributed by atoms with Crippen molar-refractivity contribution in [1.29, 1.82) is 0 Å². The molecule has 3 rings (SSSR count). The minimum Gasteiger partial charge on any atom is -0.497 e. The van der Waals surface area contributed by atoms with Gasteiger partial charge in [0.15, 0.2) is 0 Å². The lowest BCUT2D eigenvalue weighted by Gasteiger charge is -2.17. The van der Waals surface area contributed by atoms with E-state index in [-0.39, 0.29) is 0 Å². The Morgan fingerprint density at radius 3 is 2.50 bits per heavy atom. The van der Waals surface area contributed by atoms with Crippen LogP contribution < -0.4 is 10.6 Å². The first kappa shape index (κ1) is 16.3. The van der Waals surface area contributed by atoms with Crippen LogP contribution in [0, 0.1) is 0 Å². The van der Waals surface area contributed by atoms with E-state index in [1.807, 2.05) is 32.2 Å². The molecular formula is C22H23NO. The smallest absolute Gasteiger partial charge is 0.103 e. The fourth-order valence-electron chi connectivity index (χ4n) is 3.24. The number of ether oxygens (including phenoxy) is 1. The third-order valence-electron chi connectivity index (χ3n) is 4.60. The summed E-state index contributed by atoms with van der Waals surface area (Å²) in [6, 6.07) is 10.3. The van der Waals surface area contributed by atoms with Crippen LogP contribution in [0.2, 0.25) is 0 Å². The highest BCUT2D eigenvalue weighted by molar-refractivity contribution is 5.98. The van der Waals surface area contributed by atoms with Gasteiger partial charge in [0.05, 0.1) is 12.0 Å². The van der Waals surface area contributed by atoms with Crippen molar-refractivity contribution in [2.45, 2.75) is 27.2 Å². The summed E-state index contributed by atoms with van der Waals surface area (Å²) in [6.45, 7) is 15.3. The number of hydrogen-bond acceptors (Lipinski definition) is 2. The first-order chi connectivity index (χ1) is 11.5. The molecule has 1 aromatic heterocycles. The molecule has 2 aromatic rings. The largest absolute Gasteiger partial charge is 0.497 e. The average molecular weight is 317 g/mol. The molecule has 0 atom stereocenters. The number of benzene rings is 1. The van der Waals surface area contributed by atoms with Gasteiger partial charge in [0.25, 0.3) is 0 Å². The van der Waals surface area contributed by atoms with Crippen molar-refractivity contribution < 1.29 is 4.74 Å². The average Bonchev–Trinajstić information content (AvgIpc) is 2.60. The van der Waals surface area contributed by atoms with Crippen LogP contribution in [0.3, 0.4) is 0 Å². The first-order valence-corrected chi connectivity index (χ1v) is 8.23. The van der Waals surface area contributed by atoms with Gasteiger partial charge < -0.3 is 4.74 Å². The van der Waals surface area contributed by atoms with Crippen LogP contribution in [0.15, 0.2) is 49.7 Å². The molecule has 2 heterocycles. The maximum absolute atomic E-state index is 5.76. The Morgan fingerprint density at radius 2 is 1.79 bits per heavy atom. The van der Waals surface area contributed by atoms with E-state index in [4.69, 9.17) is 4.74 Å². The molecule has 2 nitrogen and oxygen atoms in total. The molecule has 0 spiro atoms. The van der Waals surface area contributed by atoms with Crippen molar-refractivity contribution in [2.75, 3.05) is 6.61 Å². The summed E-state index contributed by atoms with van der Waals surface area (Å²) >= 11 is 0. The van der Waals surface area contributed by atoms with Crippen molar-refractivity contribution in [1.82, 2.24) is 4.98 Å². The number of rotatable bonds is 3. The Morgan fingerprint density at radius 1 is 1.08 bits per heavy atom. The summed E-state index contributed by atoms with van der Waals surface area (Å²) in [5.74, 6) is 0.944. The Labute approximate surface area is 143 Å². The minimum absolute atomic E-state index is 0.737. The van der Waals surface area contributed by atoms with E-state index in [0.717, 1.165) is 57.2 Å². The summed E-state index contributed by atoms with van der Waals surface area (Å²) in [5, 5.41) is 2.08. The second kappa shape index (κ2) is 6.48. The molecule has 0 fully saturated rings. The highest BCUT2D eigenvalue weighted by Gasteiger charge is 2.13. The number of allylic oxidation sites excluding steroid dienone is 2. The van der Waals surface area contributed by atoms with Crippen molar-refractivity contribution in [3.63, 3.8) is 0 Å². The fourth-order valence-corrected chi connectivity index (χ4v) is 3.24. The zero-order valence-electron chi connectivity index (χ0n) is 14.6. The Bertz CT molecular complexity index is 950. The molecule has 2 heteroatoms. The SMILES string of the molecule is C=C(C)c1ccccc1C(=C)C(C)=c1nccc2c1=C(C)OCC2. The van der Waals surface area contributed by atoms with E-state index in [0.29, 0.717) is 0 Å². The van der Waals surface area contributed by atoms with Crippen molar-refractivity contribution in [2.24, 2.45) is 0 Å². The van der Waals surface area contributed by atoms with Gasteiger partial charge in [-0.3, -0.25) is 4.98 Å². The van der Waals surface area contributed by atoms with Crippen LogP contribution in [-0.2, 0) is 11.2 Å². The summed E-state index contributed by atoms with van der Waals surface area (Å²) < 4.78 is 5.76. The number of nitrogens with zero attached hydrogens (tertiary/aromatic N) is 1. The zero-order chi connectivity index (χ0) is 17.3. The molecule has 0 amide bonds. The predicted octanol–water partition coefficient (Wildman–Crippen LogP) is 3.70. The maximum atomic E-state index is 5.76. The van der Waals surface area contributed by atoms with Crippen LogP contribution >= 0.6 is 0 Å². The van der Waals surface area contributed by atoms with E-state index in [1.54, 1.807) is 0 Å². The van der Waals surface area contributed by atoms with Crippen LogP contribution in [-0.4, -0.2) is 11.6 Å². The quantitative estimate of drug-likeness (QED) is 0.861. The molecule has 1 aliphatic heterocycles. The number of pyridine rings is 1. The molecule has 0 saturated heterocycles. The number of hydrogen-bond donors (Lipinski definition) is 0. The molecule has 1 aromatic carbocycles. The molecule has 122 valence electrons. The van der Waals surface area contributed by atoms with E-state index in [2.05, 4.69) is 43.3 Å². The zero-order valence-corrected chi connectivity index (χ0v) is 14.6. The van der Waals surface area contributed by atoms with Gasteiger partial charge in [0, 0.05) is 17.8 Å². The predicted molar refractivity (Wildman–Crippen MR) is 101 cm³/mol. The number of aromatic nitrogens is 1. The van der Waals surface area contributed by atoms with Crippen molar-refractivity contribution >= 4 is 22.5 Å². The van der Waals surface area contributed by atoms with E-state index in [9.17, 15) is 0 Å². The fraction of sp³-hybridized carbons (Fsp3) is 0.227. The highest BCUT2D eigenvalue weighted by Crippen LogP contribution is 2.27. The minimum atomic E-state index is 0.737. The standard InChI is InChI=1S/C22H23NO/c1-14(2)19-8-6-7-9-20(19)15(3)16(4)22-21-17(5)24-13-11-18(21)10-12-23-22/h6-10,12H,1,3,11,13H2,2,4-5H3. The van der Waals surface area contributed by atoms with E-state index >= 15 is 0 Å². The Hall–Kier alpha value is -2.61. The summed E-state index contributed by atoms with van der Waals surface area (Å²) in [7, 11) is 0. The van der Waals surface area contributed by atoms with E-state index in [1.165, 1.54) is 5.56 Å². The lowest BCUT2D eigenvalue weighted by Crippen LogP contribution is -2.38. The molecule has 0 radical (unpaired) electrons.